The average Bonchev–Trinajstić information content (AvgIpc) is 3.44. The average molecular weight is 433 g/mol. The Morgan fingerprint density at radius 1 is 1.12 bits per heavy atom. The third-order valence-electron chi connectivity index (χ3n) is 7.23. The molecule has 1 aliphatic heterocycles. The van der Waals surface area contributed by atoms with Crippen LogP contribution < -0.4 is 4.74 Å². The third-order valence-corrected chi connectivity index (χ3v) is 7.23. The van der Waals surface area contributed by atoms with E-state index in [1.165, 1.54) is 19.4 Å². The van der Waals surface area contributed by atoms with Gasteiger partial charge in [0.1, 0.15) is 17.3 Å². The fourth-order valence-corrected chi connectivity index (χ4v) is 5.73. The van der Waals surface area contributed by atoms with Crippen molar-refractivity contribution in [1.82, 2.24) is 5.01 Å². The lowest BCUT2D eigenvalue weighted by atomic mass is 9.63. The van der Waals surface area contributed by atoms with Crippen molar-refractivity contribution in [3.63, 3.8) is 0 Å². The van der Waals surface area contributed by atoms with Gasteiger partial charge in [0.05, 0.1) is 41.7 Å². The number of nitro groups is 1. The van der Waals surface area contributed by atoms with Gasteiger partial charge < -0.3 is 9.15 Å². The van der Waals surface area contributed by atoms with Gasteiger partial charge in [0.25, 0.3) is 17.5 Å². The number of benzene rings is 1. The summed E-state index contributed by atoms with van der Waals surface area (Å²) in [6.45, 7) is 0. The van der Waals surface area contributed by atoms with Crippen LogP contribution in [0, 0.1) is 45.6 Å². The molecule has 2 heterocycles. The molecule has 2 saturated carbocycles. The fraction of sp³-hybridized carbons (Fsp3) is 0.348. The molecule has 0 radical (unpaired) electrons. The van der Waals surface area contributed by atoms with Crippen molar-refractivity contribution in [2.75, 3.05) is 7.11 Å². The number of rotatable bonds is 5. The minimum atomic E-state index is -0.510. The first kappa shape index (κ1) is 19.0. The van der Waals surface area contributed by atoms with Gasteiger partial charge in [-0.2, -0.15) is 10.1 Å². The Labute approximate surface area is 182 Å². The van der Waals surface area contributed by atoms with Gasteiger partial charge >= 0.3 is 0 Å². The summed E-state index contributed by atoms with van der Waals surface area (Å²) < 4.78 is 10.8. The number of amides is 2. The number of carbonyl (C=O) groups excluding carboxylic acids is 2. The van der Waals surface area contributed by atoms with Gasteiger partial charge in [0, 0.05) is 0 Å². The lowest BCUT2D eigenvalue weighted by Crippen LogP contribution is -2.40. The predicted molar refractivity (Wildman–Crippen MR) is 111 cm³/mol. The highest BCUT2D eigenvalue weighted by Crippen LogP contribution is 2.65. The van der Waals surface area contributed by atoms with Crippen LogP contribution in [-0.2, 0) is 9.59 Å². The molecule has 1 aromatic carbocycles. The number of nitrogens with zero attached hydrogens (tertiary/aromatic N) is 3. The molecular formula is C23H19N3O6. The van der Waals surface area contributed by atoms with Gasteiger partial charge in [-0.15, -0.1) is 0 Å². The third kappa shape index (κ3) is 2.60. The summed E-state index contributed by atoms with van der Waals surface area (Å²) >= 11 is 0. The van der Waals surface area contributed by atoms with Crippen LogP contribution in [0.25, 0.3) is 11.3 Å². The molecule has 2 bridgehead atoms. The van der Waals surface area contributed by atoms with Gasteiger partial charge in [-0.25, -0.2) is 0 Å². The van der Waals surface area contributed by atoms with Crippen molar-refractivity contribution in [1.29, 1.82) is 0 Å². The lowest BCUT2D eigenvalue weighted by Gasteiger charge is -2.37. The van der Waals surface area contributed by atoms with Crippen molar-refractivity contribution in [3.8, 4) is 17.1 Å². The number of imide groups is 1. The topological polar surface area (TPSA) is 115 Å². The van der Waals surface area contributed by atoms with E-state index in [4.69, 9.17) is 9.15 Å². The summed E-state index contributed by atoms with van der Waals surface area (Å²) in [5.41, 5.74) is 0.134. The first-order valence-corrected chi connectivity index (χ1v) is 10.5. The Morgan fingerprint density at radius 2 is 1.81 bits per heavy atom. The molecule has 6 atom stereocenters. The highest BCUT2D eigenvalue weighted by molar-refractivity contribution is 6.06. The molecule has 1 aromatic heterocycles. The zero-order chi connectivity index (χ0) is 22.1. The van der Waals surface area contributed by atoms with E-state index in [-0.39, 0.29) is 58.3 Å². The second kappa shape index (κ2) is 6.62. The Kier molecular flexibility index (Phi) is 3.93. The molecule has 9 heteroatoms. The first-order valence-electron chi connectivity index (χ1n) is 10.5. The van der Waals surface area contributed by atoms with Crippen LogP contribution in [0.15, 0.2) is 52.0 Å². The van der Waals surface area contributed by atoms with E-state index < -0.39 is 4.92 Å². The molecule has 0 spiro atoms. The van der Waals surface area contributed by atoms with E-state index in [9.17, 15) is 19.7 Å². The SMILES string of the molecule is COc1ccc(-c2ccc(C=NN3C(=O)C4C5C=CC(C6CC56)C4C3=O)o2)c([N+](=O)[O-])c1. The zero-order valence-electron chi connectivity index (χ0n) is 17.1. The summed E-state index contributed by atoms with van der Waals surface area (Å²) in [6, 6.07) is 7.65. The number of hydrazone groups is 1. The lowest BCUT2D eigenvalue weighted by molar-refractivity contribution is -0.384. The van der Waals surface area contributed by atoms with Crippen LogP contribution in [0.1, 0.15) is 12.2 Å². The number of carbonyl (C=O) groups is 2. The number of hydrogen-bond acceptors (Lipinski definition) is 7. The van der Waals surface area contributed by atoms with Crippen molar-refractivity contribution in [3.05, 3.63) is 58.4 Å². The standard InChI is InChI=1S/C23H19N3O6/c1-31-11-2-4-15(18(8-11)26(29)30)19-7-3-12(32-19)10-24-25-22(27)20-13-5-6-14(17-9-16(13)17)21(20)23(25)28/h2-8,10,13-14,16-17,20-21H,9H2,1H3. The first-order chi connectivity index (χ1) is 15.5. The van der Waals surface area contributed by atoms with Crippen molar-refractivity contribution < 1.29 is 23.7 Å². The predicted octanol–water partition coefficient (Wildman–Crippen LogP) is 3.25. The molecule has 3 fully saturated rings. The molecule has 1 saturated heterocycles. The van der Waals surface area contributed by atoms with Crippen LogP contribution in [0.4, 0.5) is 5.69 Å². The Morgan fingerprint density at radius 3 is 2.44 bits per heavy atom. The summed E-state index contributed by atoms with van der Waals surface area (Å²) in [5, 5.41) is 16.6. The molecule has 2 aromatic rings. The van der Waals surface area contributed by atoms with E-state index in [0.29, 0.717) is 17.6 Å². The van der Waals surface area contributed by atoms with Crippen molar-refractivity contribution in [2.24, 2.45) is 40.6 Å². The second-order valence-electron chi connectivity index (χ2n) is 8.73. The molecule has 162 valence electrons. The second-order valence-corrected chi connectivity index (χ2v) is 8.73. The maximum atomic E-state index is 13.0. The highest BCUT2D eigenvalue weighted by Gasteiger charge is 2.67. The number of nitro benzene ring substituents is 1. The monoisotopic (exact) mass is 433 g/mol. The largest absolute Gasteiger partial charge is 0.497 e. The molecule has 4 aliphatic carbocycles. The van der Waals surface area contributed by atoms with E-state index >= 15 is 0 Å². The maximum absolute atomic E-state index is 13.0. The molecule has 32 heavy (non-hydrogen) atoms. The van der Waals surface area contributed by atoms with Crippen LogP contribution in [-0.4, -0.2) is 35.1 Å². The van der Waals surface area contributed by atoms with Gasteiger partial charge in [-0.3, -0.25) is 19.7 Å². The van der Waals surface area contributed by atoms with E-state index in [1.807, 2.05) is 0 Å². The maximum Gasteiger partial charge on any atom is 0.284 e. The van der Waals surface area contributed by atoms with Crippen LogP contribution in [0.3, 0.4) is 0 Å². The Balaban J connectivity index is 1.25. The highest BCUT2D eigenvalue weighted by atomic mass is 16.6. The summed E-state index contributed by atoms with van der Waals surface area (Å²) in [7, 11) is 1.43. The van der Waals surface area contributed by atoms with Crippen LogP contribution in [0.5, 0.6) is 5.75 Å². The van der Waals surface area contributed by atoms with Crippen molar-refractivity contribution in [2.45, 2.75) is 6.42 Å². The smallest absolute Gasteiger partial charge is 0.284 e. The van der Waals surface area contributed by atoms with Gasteiger partial charge in [-0.05, 0) is 54.4 Å². The molecule has 2 amide bonds. The molecule has 6 unspecified atom stereocenters. The molecule has 7 rings (SSSR count). The number of hydrogen-bond donors (Lipinski definition) is 0. The van der Waals surface area contributed by atoms with Gasteiger partial charge in [0.2, 0.25) is 0 Å². The number of furan rings is 1. The summed E-state index contributed by atoms with van der Waals surface area (Å²) in [5.74, 6) is 1.12. The summed E-state index contributed by atoms with van der Waals surface area (Å²) in [4.78, 5) is 36.9. The summed E-state index contributed by atoms with van der Waals surface area (Å²) in [6.07, 6.45) is 6.63. The number of allylic oxidation sites excluding steroid dienone is 2. The van der Waals surface area contributed by atoms with E-state index in [0.717, 1.165) is 11.4 Å². The zero-order valence-corrected chi connectivity index (χ0v) is 17.1. The molecule has 5 aliphatic rings. The minimum absolute atomic E-state index is 0.137. The minimum Gasteiger partial charge on any atom is -0.497 e. The van der Waals surface area contributed by atoms with E-state index in [1.54, 1.807) is 24.3 Å². The van der Waals surface area contributed by atoms with Crippen molar-refractivity contribution >= 4 is 23.7 Å². The number of methoxy groups -OCH3 is 1. The van der Waals surface area contributed by atoms with Crippen LogP contribution >= 0.6 is 0 Å². The Hall–Kier alpha value is -3.75. The normalized spacial score (nSPS) is 31.8. The number of ether oxygens (including phenoxy) is 1. The van der Waals surface area contributed by atoms with Gasteiger partial charge in [-0.1, -0.05) is 12.2 Å². The van der Waals surface area contributed by atoms with E-state index in [2.05, 4.69) is 17.3 Å². The van der Waals surface area contributed by atoms with Crippen LogP contribution in [0.2, 0.25) is 0 Å². The molecule has 9 nitrogen and oxygen atoms in total. The Bertz CT molecular complexity index is 1190. The fourth-order valence-electron chi connectivity index (χ4n) is 5.73. The molecular weight excluding hydrogens is 414 g/mol. The quantitative estimate of drug-likeness (QED) is 0.235. The van der Waals surface area contributed by atoms with Gasteiger partial charge in [0.15, 0.2) is 0 Å². The molecule has 0 N–H and O–H groups in total.